The van der Waals surface area contributed by atoms with E-state index < -0.39 is 0 Å². The predicted molar refractivity (Wildman–Crippen MR) is 97.6 cm³/mol. The van der Waals surface area contributed by atoms with E-state index in [4.69, 9.17) is 0 Å². The second kappa shape index (κ2) is 8.10. The van der Waals surface area contributed by atoms with E-state index in [-0.39, 0.29) is 11.5 Å². The summed E-state index contributed by atoms with van der Waals surface area (Å²) in [6.45, 7) is 2.89. The Labute approximate surface area is 148 Å². The molecule has 0 radical (unpaired) electrons. The van der Waals surface area contributed by atoms with Crippen LogP contribution in [0.4, 0.5) is 0 Å². The molecule has 132 valence electrons. The smallest absolute Gasteiger partial charge is 0.253 e. The molecule has 1 aromatic carbocycles. The molecule has 0 atom stereocenters. The van der Waals surface area contributed by atoms with Crippen LogP contribution >= 0.6 is 0 Å². The van der Waals surface area contributed by atoms with Crippen molar-refractivity contribution in [2.75, 3.05) is 6.54 Å². The molecular weight excluding hydrogens is 314 g/mol. The molecule has 25 heavy (non-hydrogen) atoms. The largest absolute Gasteiger partial charge is 0.354 e. The van der Waals surface area contributed by atoms with Gasteiger partial charge in [0.15, 0.2) is 0 Å². The fraction of sp³-hybridized carbons (Fsp3) is 0.450. The Morgan fingerprint density at radius 2 is 1.96 bits per heavy atom. The maximum absolute atomic E-state index is 12.2. The predicted octanol–water partition coefficient (Wildman–Crippen LogP) is 2.57. The highest BCUT2D eigenvalue weighted by molar-refractivity contribution is 5.78. The molecule has 5 heteroatoms. The second-order valence-corrected chi connectivity index (χ2v) is 6.84. The molecule has 0 spiro atoms. The molecule has 1 amide bonds. The maximum atomic E-state index is 12.2. The van der Waals surface area contributed by atoms with Crippen LogP contribution < -0.4 is 10.9 Å². The number of aryl methyl sites for hydroxylation is 1. The van der Waals surface area contributed by atoms with Gasteiger partial charge in [0.05, 0.1) is 18.4 Å². The average Bonchev–Trinajstić information content (AvgIpc) is 3.13. The fourth-order valence-electron chi connectivity index (χ4n) is 3.32. The molecule has 0 aliphatic heterocycles. The van der Waals surface area contributed by atoms with Crippen LogP contribution in [-0.4, -0.2) is 22.0 Å². The van der Waals surface area contributed by atoms with Crippen LogP contribution in [0.2, 0.25) is 0 Å². The molecule has 1 aliphatic rings. The summed E-state index contributed by atoms with van der Waals surface area (Å²) >= 11 is 0. The van der Waals surface area contributed by atoms with E-state index in [1.165, 1.54) is 18.4 Å². The van der Waals surface area contributed by atoms with E-state index >= 15 is 0 Å². The maximum Gasteiger partial charge on any atom is 0.253 e. The number of aromatic nitrogens is 2. The summed E-state index contributed by atoms with van der Waals surface area (Å²) in [7, 11) is 0. The number of hydrogen-bond donors (Lipinski definition) is 1. The third-order valence-corrected chi connectivity index (χ3v) is 4.83. The van der Waals surface area contributed by atoms with Gasteiger partial charge >= 0.3 is 0 Å². The SMILES string of the molecule is Cc1ccc(CC(=O)NCCn2cnc(C3CCCC3)cc2=O)cc1. The number of carbonyl (C=O) groups is 1. The molecule has 0 bridgehead atoms. The molecule has 0 unspecified atom stereocenters. The molecule has 1 fully saturated rings. The van der Waals surface area contributed by atoms with E-state index in [9.17, 15) is 9.59 Å². The number of carbonyl (C=O) groups excluding carboxylic acids is 1. The quantitative estimate of drug-likeness (QED) is 0.880. The van der Waals surface area contributed by atoms with Crippen molar-refractivity contribution < 1.29 is 4.79 Å². The number of benzene rings is 1. The topological polar surface area (TPSA) is 64.0 Å². The molecule has 0 saturated heterocycles. The van der Waals surface area contributed by atoms with Gasteiger partial charge in [0.2, 0.25) is 5.91 Å². The van der Waals surface area contributed by atoms with Gasteiger partial charge in [0, 0.05) is 25.1 Å². The zero-order chi connectivity index (χ0) is 17.6. The molecule has 2 aromatic rings. The molecular formula is C20H25N3O2. The first-order valence-electron chi connectivity index (χ1n) is 9.00. The number of hydrogen-bond acceptors (Lipinski definition) is 3. The lowest BCUT2D eigenvalue weighted by molar-refractivity contribution is -0.120. The summed E-state index contributed by atoms with van der Waals surface area (Å²) in [5.41, 5.74) is 3.05. The van der Waals surface area contributed by atoms with Crippen LogP contribution in [0.5, 0.6) is 0 Å². The first-order chi connectivity index (χ1) is 12.1. The monoisotopic (exact) mass is 339 g/mol. The Morgan fingerprint density at radius 1 is 1.24 bits per heavy atom. The Hall–Kier alpha value is -2.43. The number of amides is 1. The number of nitrogens with one attached hydrogen (secondary N) is 1. The molecule has 3 rings (SSSR count). The third-order valence-electron chi connectivity index (χ3n) is 4.83. The van der Waals surface area contributed by atoms with Gasteiger partial charge in [-0.05, 0) is 25.3 Å². The summed E-state index contributed by atoms with van der Waals surface area (Å²) in [6.07, 6.45) is 6.68. The minimum atomic E-state index is -0.0373. The number of rotatable bonds is 6. The van der Waals surface area contributed by atoms with Crippen LogP contribution in [-0.2, 0) is 17.8 Å². The second-order valence-electron chi connectivity index (χ2n) is 6.84. The lowest BCUT2D eigenvalue weighted by atomic mass is 10.0. The van der Waals surface area contributed by atoms with Crippen LogP contribution in [0.1, 0.15) is 48.4 Å². The Balaban J connectivity index is 1.49. The van der Waals surface area contributed by atoms with Gasteiger partial charge < -0.3 is 5.32 Å². The van der Waals surface area contributed by atoms with E-state index in [1.807, 2.05) is 31.2 Å². The minimum absolute atomic E-state index is 0.0348. The molecule has 1 heterocycles. The van der Waals surface area contributed by atoms with E-state index in [2.05, 4.69) is 10.3 Å². The van der Waals surface area contributed by atoms with Crippen molar-refractivity contribution in [2.45, 2.75) is 51.5 Å². The van der Waals surface area contributed by atoms with Gasteiger partial charge in [-0.15, -0.1) is 0 Å². The Bertz CT molecular complexity index is 774. The van der Waals surface area contributed by atoms with Crippen LogP contribution in [0.3, 0.4) is 0 Å². The van der Waals surface area contributed by atoms with Crippen molar-refractivity contribution in [3.05, 3.63) is 63.8 Å². The summed E-state index contributed by atoms with van der Waals surface area (Å²) in [6, 6.07) is 9.58. The summed E-state index contributed by atoms with van der Waals surface area (Å²) in [5, 5.41) is 2.86. The molecule has 1 aromatic heterocycles. The van der Waals surface area contributed by atoms with Gasteiger partial charge in [-0.3, -0.25) is 14.2 Å². The first-order valence-corrected chi connectivity index (χ1v) is 9.00. The van der Waals surface area contributed by atoms with Gasteiger partial charge in [-0.25, -0.2) is 4.98 Å². The van der Waals surface area contributed by atoms with E-state index in [0.29, 0.717) is 25.4 Å². The zero-order valence-corrected chi connectivity index (χ0v) is 14.7. The summed E-state index contributed by atoms with van der Waals surface area (Å²) < 4.78 is 1.56. The van der Waals surface area contributed by atoms with Crippen molar-refractivity contribution in [3.8, 4) is 0 Å². The highest BCUT2D eigenvalue weighted by Crippen LogP contribution is 2.32. The minimum Gasteiger partial charge on any atom is -0.354 e. The molecule has 5 nitrogen and oxygen atoms in total. The zero-order valence-electron chi connectivity index (χ0n) is 14.7. The van der Waals surface area contributed by atoms with Crippen molar-refractivity contribution in [1.29, 1.82) is 0 Å². The van der Waals surface area contributed by atoms with Gasteiger partial charge in [-0.1, -0.05) is 42.7 Å². The van der Waals surface area contributed by atoms with Gasteiger partial charge in [0.1, 0.15) is 0 Å². The van der Waals surface area contributed by atoms with Crippen molar-refractivity contribution in [1.82, 2.24) is 14.9 Å². The lowest BCUT2D eigenvalue weighted by Crippen LogP contribution is -2.32. The third kappa shape index (κ3) is 4.78. The normalized spacial score (nSPS) is 14.6. The van der Waals surface area contributed by atoms with Crippen molar-refractivity contribution >= 4 is 5.91 Å². The summed E-state index contributed by atoms with van der Waals surface area (Å²) in [4.78, 5) is 28.6. The van der Waals surface area contributed by atoms with Crippen molar-refractivity contribution in [3.63, 3.8) is 0 Å². The number of nitrogens with zero attached hydrogens (tertiary/aromatic N) is 2. The Morgan fingerprint density at radius 3 is 2.64 bits per heavy atom. The fourth-order valence-corrected chi connectivity index (χ4v) is 3.32. The van der Waals surface area contributed by atoms with E-state index in [0.717, 1.165) is 24.1 Å². The van der Waals surface area contributed by atoms with Crippen LogP contribution in [0.15, 0.2) is 41.5 Å². The Kier molecular flexibility index (Phi) is 5.64. The lowest BCUT2D eigenvalue weighted by Gasteiger charge is -2.11. The van der Waals surface area contributed by atoms with E-state index in [1.54, 1.807) is 17.0 Å². The van der Waals surface area contributed by atoms with Gasteiger partial charge in [-0.2, -0.15) is 0 Å². The molecule has 1 N–H and O–H groups in total. The molecule has 1 saturated carbocycles. The highest BCUT2D eigenvalue weighted by Gasteiger charge is 2.18. The first kappa shape index (κ1) is 17.4. The highest BCUT2D eigenvalue weighted by atomic mass is 16.1. The standard InChI is InChI=1S/C20H25N3O2/c1-15-6-8-16(9-7-15)12-19(24)21-10-11-23-14-22-18(13-20(23)25)17-4-2-3-5-17/h6-9,13-14,17H,2-5,10-12H2,1H3,(H,21,24). The molecule has 1 aliphatic carbocycles. The van der Waals surface area contributed by atoms with Crippen LogP contribution in [0.25, 0.3) is 0 Å². The average molecular weight is 339 g/mol. The van der Waals surface area contributed by atoms with Crippen LogP contribution in [0, 0.1) is 6.92 Å². The van der Waals surface area contributed by atoms with Crippen molar-refractivity contribution in [2.24, 2.45) is 0 Å². The van der Waals surface area contributed by atoms with Gasteiger partial charge in [0.25, 0.3) is 5.56 Å². The summed E-state index contributed by atoms with van der Waals surface area (Å²) in [5.74, 6) is 0.406.